The van der Waals surface area contributed by atoms with Gasteiger partial charge in [-0.1, -0.05) is 0 Å². The first kappa shape index (κ1) is 10.1. The molecule has 0 amide bonds. The van der Waals surface area contributed by atoms with E-state index in [9.17, 15) is 4.79 Å². The van der Waals surface area contributed by atoms with Gasteiger partial charge in [-0.15, -0.1) is 0 Å². The Morgan fingerprint density at radius 3 is 2.45 bits per heavy atom. The van der Waals surface area contributed by atoms with Crippen molar-refractivity contribution in [2.45, 2.75) is 25.9 Å². The molecule has 0 aliphatic carbocycles. The Labute approximate surface area is 65.2 Å². The molecule has 0 aromatic rings. The smallest absolute Gasteiger partial charge is 0.300 e. The lowest BCUT2D eigenvalue weighted by Crippen LogP contribution is -2.04. The Hall–Kier alpha value is -0.900. The van der Waals surface area contributed by atoms with Gasteiger partial charge < -0.3 is 14.6 Å². The zero-order valence-electron chi connectivity index (χ0n) is 6.45. The summed E-state index contributed by atoms with van der Waals surface area (Å²) in [5, 5.41) is 7.42. The number of hydrogen-bond donors (Lipinski definition) is 1. The van der Waals surface area contributed by atoms with Gasteiger partial charge in [-0.25, -0.2) is 0 Å². The van der Waals surface area contributed by atoms with Gasteiger partial charge in [0.15, 0.2) is 0 Å². The highest BCUT2D eigenvalue weighted by atomic mass is 16.5. The van der Waals surface area contributed by atoms with Crippen LogP contribution in [0.4, 0.5) is 0 Å². The van der Waals surface area contributed by atoms with E-state index in [2.05, 4.69) is 0 Å². The van der Waals surface area contributed by atoms with Gasteiger partial charge in [0.25, 0.3) is 5.97 Å². The molecule has 1 N–H and O–H groups in total. The summed E-state index contributed by atoms with van der Waals surface area (Å²) >= 11 is 0. The average Bonchev–Trinajstić information content (AvgIpc) is 2.36. The Morgan fingerprint density at radius 2 is 2.27 bits per heavy atom. The molecule has 0 saturated carbocycles. The molecule has 0 aromatic heterocycles. The van der Waals surface area contributed by atoms with Gasteiger partial charge in [-0.05, 0) is 12.8 Å². The van der Waals surface area contributed by atoms with Gasteiger partial charge in [0.2, 0.25) is 0 Å². The number of aliphatic carboxylic acids is 1. The van der Waals surface area contributed by atoms with Gasteiger partial charge in [-0.3, -0.25) is 4.79 Å². The summed E-state index contributed by atoms with van der Waals surface area (Å²) < 4.78 is 4.93. The van der Waals surface area contributed by atoms with Crippen LogP contribution in [0, 0.1) is 0 Å². The molecule has 1 unspecified atom stereocenters. The molecule has 0 aromatic carbocycles. The Morgan fingerprint density at radius 1 is 1.73 bits per heavy atom. The van der Waals surface area contributed by atoms with E-state index in [0.29, 0.717) is 0 Å². The lowest BCUT2D eigenvalue weighted by Gasteiger charge is -1.93. The first-order valence-corrected chi connectivity index (χ1v) is 3.43. The molecule has 1 fully saturated rings. The number of carboxylic acid groups (broad SMARTS) is 1. The fourth-order valence-electron chi connectivity index (χ4n) is 0.710. The maximum atomic E-state index is 9.88. The summed E-state index contributed by atoms with van der Waals surface area (Å²) in [5.41, 5.74) is 0. The molecule has 0 bridgehead atoms. The highest BCUT2D eigenvalue weighted by Gasteiger charge is 2.12. The summed E-state index contributed by atoms with van der Waals surface area (Å²) in [6.45, 7) is 1.85. The lowest BCUT2D eigenvalue weighted by molar-refractivity contribution is -0.134. The van der Waals surface area contributed by atoms with E-state index in [1.54, 1.807) is 0 Å². The molecule has 1 rings (SSSR count). The van der Waals surface area contributed by atoms with Crippen LogP contribution >= 0.6 is 0 Å². The van der Waals surface area contributed by atoms with E-state index >= 15 is 0 Å². The maximum Gasteiger partial charge on any atom is 0.300 e. The number of carbonyl (C=O) groups is 2. The molecular weight excluding hydrogens is 148 g/mol. The third kappa shape index (κ3) is 6.99. The molecule has 1 aliphatic rings. The highest BCUT2D eigenvalue weighted by Crippen LogP contribution is 2.08. The van der Waals surface area contributed by atoms with Crippen LogP contribution in [0.3, 0.4) is 0 Å². The van der Waals surface area contributed by atoms with E-state index < -0.39 is 5.97 Å². The summed E-state index contributed by atoms with van der Waals surface area (Å²) in [4.78, 5) is 18.9. The number of aldehydes is 1. The fraction of sp³-hybridized carbons (Fsp3) is 0.714. The summed E-state index contributed by atoms with van der Waals surface area (Å²) in [6, 6.07) is 0. The van der Waals surface area contributed by atoms with Crippen molar-refractivity contribution in [3.05, 3.63) is 0 Å². The van der Waals surface area contributed by atoms with Crippen LogP contribution in [0.1, 0.15) is 19.8 Å². The molecule has 1 saturated heterocycles. The van der Waals surface area contributed by atoms with Crippen molar-refractivity contribution in [1.82, 2.24) is 0 Å². The highest BCUT2D eigenvalue weighted by molar-refractivity contribution is 5.62. The molecule has 64 valence electrons. The van der Waals surface area contributed by atoms with Crippen molar-refractivity contribution in [3.63, 3.8) is 0 Å². The monoisotopic (exact) mass is 160 g/mol. The molecule has 1 heterocycles. The van der Waals surface area contributed by atoms with E-state index in [-0.39, 0.29) is 6.10 Å². The van der Waals surface area contributed by atoms with Crippen molar-refractivity contribution >= 4 is 12.3 Å². The van der Waals surface area contributed by atoms with Gasteiger partial charge >= 0.3 is 0 Å². The number of carbonyl (C=O) groups excluding carboxylic acids is 1. The van der Waals surface area contributed by atoms with Crippen molar-refractivity contribution < 1.29 is 19.4 Å². The normalized spacial score (nSPS) is 21.7. The number of carboxylic acids is 1. The van der Waals surface area contributed by atoms with E-state index in [0.717, 1.165) is 32.7 Å². The number of ether oxygens (including phenoxy) is 1. The van der Waals surface area contributed by atoms with E-state index in [4.69, 9.17) is 14.6 Å². The van der Waals surface area contributed by atoms with Gasteiger partial charge in [0.05, 0.1) is 0 Å². The van der Waals surface area contributed by atoms with Gasteiger partial charge in [-0.2, -0.15) is 0 Å². The van der Waals surface area contributed by atoms with Crippen LogP contribution in [0.2, 0.25) is 0 Å². The Kier molecular flexibility index (Phi) is 5.37. The SMILES string of the molecule is CC(=O)O.O=CC1CCCO1. The topological polar surface area (TPSA) is 63.6 Å². The van der Waals surface area contributed by atoms with Crippen molar-refractivity contribution in [3.8, 4) is 0 Å². The predicted octanol–water partition coefficient (Wildman–Crippen LogP) is 0.455. The van der Waals surface area contributed by atoms with Crippen LogP contribution in [-0.2, 0) is 14.3 Å². The second kappa shape index (κ2) is 5.85. The zero-order valence-corrected chi connectivity index (χ0v) is 6.45. The minimum absolute atomic E-state index is 0.0833. The van der Waals surface area contributed by atoms with Gasteiger partial charge in [0, 0.05) is 13.5 Å². The van der Waals surface area contributed by atoms with Crippen LogP contribution in [0.25, 0.3) is 0 Å². The van der Waals surface area contributed by atoms with Crippen LogP contribution in [0.5, 0.6) is 0 Å². The Balaban J connectivity index is 0.000000218. The van der Waals surface area contributed by atoms with Crippen LogP contribution in [-0.4, -0.2) is 30.1 Å². The molecule has 1 aliphatic heterocycles. The largest absolute Gasteiger partial charge is 0.481 e. The number of rotatable bonds is 1. The van der Waals surface area contributed by atoms with Crippen molar-refractivity contribution in [1.29, 1.82) is 0 Å². The van der Waals surface area contributed by atoms with Crippen molar-refractivity contribution in [2.24, 2.45) is 0 Å². The minimum atomic E-state index is -0.833. The van der Waals surface area contributed by atoms with Crippen LogP contribution < -0.4 is 0 Å². The molecule has 1 atom stereocenters. The molecule has 4 nitrogen and oxygen atoms in total. The molecule has 4 heteroatoms. The molecule has 11 heavy (non-hydrogen) atoms. The summed E-state index contributed by atoms with van der Waals surface area (Å²) in [5.74, 6) is -0.833. The van der Waals surface area contributed by atoms with Gasteiger partial charge in [0.1, 0.15) is 12.4 Å². The van der Waals surface area contributed by atoms with E-state index in [1.807, 2.05) is 0 Å². The average molecular weight is 160 g/mol. The molecule has 0 spiro atoms. The van der Waals surface area contributed by atoms with Crippen LogP contribution in [0.15, 0.2) is 0 Å². The first-order valence-electron chi connectivity index (χ1n) is 3.43. The minimum Gasteiger partial charge on any atom is -0.481 e. The fourth-order valence-corrected chi connectivity index (χ4v) is 0.710. The second-order valence-electron chi connectivity index (χ2n) is 2.21. The number of hydrogen-bond acceptors (Lipinski definition) is 3. The third-order valence-electron chi connectivity index (χ3n) is 1.12. The third-order valence-corrected chi connectivity index (χ3v) is 1.12. The van der Waals surface area contributed by atoms with Crippen molar-refractivity contribution in [2.75, 3.05) is 6.61 Å². The molecule has 0 radical (unpaired) electrons. The quantitative estimate of drug-likeness (QED) is 0.566. The zero-order chi connectivity index (χ0) is 8.69. The summed E-state index contributed by atoms with van der Waals surface area (Å²) in [6.07, 6.45) is 2.75. The maximum absolute atomic E-state index is 9.88. The Bertz CT molecular complexity index is 122. The first-order chi connectivity index (χ1) is 5.16. The second-order valence-corrected chi connectivity index (χ2v) is 2.21. The van der Waals surface area contributed by atoms with E-state index in [1.165, 1.54) is 0 Å². The standard InChI is InChI=1S/C5H8O2.C2H4O2/c6-4-5-2-1-3-7-5;1-2(3)4/h4-5H,1-3H2;1H3,(H,3,4). The summed E-state index contributed by atoms with van der Waals surface area (Å²) in [7, 11) is 0. The predicted molar refractivity (Wildman–Crippen MR) is 38.3 cm³/mol. The lowest BCUT2D eigenvalue weighted by atomic mass is 10.3. The molecular formula is C7H12O4.